The first-order chi connectivity index (χ1) is 21.0. The standard InChI is InChI=1S/C34H36F3N3O4/c1-5-38(3)19-28-20(2)40(28)32(41)23-16-26-24(12-9-13-29(26)44-34(35,36)37)31-30(21-10-7-6-8-11-21)25-15-14-22(33(42)43-4)17-27(25)39(31)18-23/h9,12-17,21,28H,2,5-8,10-11,18-19H2,1,3-4H3. The monoisotopic (exact) mass is 607 g/mol. The number of fused-ring (bicyclic) bond motifs is 5. The lowest BCUT2D eigenvalue weighted by Crippen LogP contribution is -2.27. The number of aromatic nitrogens is 1. The van der Waals surface area contributed by atoms with Crippen LogP contribution in [0.5, 0.6) is 5.75 Å². The maximum absolute atomic E-state index is 14.1. The van der Waals surface area contributed by atoms with Crippen molar-refractivity contribution in [1.82, 2.24) is 14.4 Å². The van der Waals surface area contributed by atoms with Crippen LogP contribution in [-0.2, 0) is 16.1 Å². The first-order valence-electron chi connectivity index (χ1n) is 15.1. The Kier molecular flexibility index (Phi) is 7.82. The molecule has 6 rings (SSSR count). The summed E-state index contributed by atoms with van der Waals surface area (Å²) in [5.74, 6) is -0.998. The molecule has 2 aromatic carbocycles. The quantitative estimate of drug-likeness (QED) is 0.212. The molecular weight excluding hydrogens is 571 g/mol. The summed E-state index contributed by atoms with van der Waals surface area (Å²) >= 11 is 0. The summed E-state index contributed by atoms with van der Waals surface area (Å²) in [4.78, 5) is 30.4. The molecule has 0 spiro atoms. The van der Waals surface area contributed by atoms with Crippen molar-refractivity contribution in [2.24, 2.45) is 0 Å². The minimum atomic E-state index is -4.92. The number of amides is 1. The number of likely N-dealkylation sites (N-methyl/N-ethyl adjacent to an activating group) is 1. The number of carbonyl (C=O) groups is 2. The van der Waals surface area contributed by atoms with E-state index in [1.807, 2.05) is 24.6 Å². The average Bonchev–Trinajstić information content (AvgIpc) is 3.58. The van der Waals surface area contributed by atoms with Crippen molar-refractivity contribution in [3.63, 3.8) is 0 Å². The predicted octanol–water partition coefficient (Wildman–Crippen LogP) is 7.11. The van der Waals surface area contributed by atoms with E-state index in [1.54, 1.807) is 35.2 Å². The highest BCUT2D eigenvalue weighted by Crippen LogP contribution is 2.49. The molecule has 1 aromatic heterocycles. The average molecular weight is 608 g/mol. The highest BCUT2D eigenvalue weighted by molar-refractivity contribution is 6.05. The summed E-state index contributed by atoms with van der Waals surface area (Å²) in [5.41, 5.74) is 4.60. The molecule has 1 unspecified atom stereocenters. The van der Waals surface area contributed by atoms with Crippen molar-refractivity contribution in [2.45, 2.75) is 63.9 Å². The van der Waals surface area contributed by atoms with E-state index in [0.717, 1.165) is 60.8 Å². The molecule has 1 amide bonds. The first-order valence-corrected chi connectivity index (χ1v) is 15.1. The predicted molar refractivity (Wildman–Crippen MR) is 162 cm³/mol. The van der Waals surface area contributed by atoms with Gasteiger partial charge in [0.1, 0.15) is 5.75 Å². The first kappa shape index (κ1) is 30.0. The SMILES string of the molecule is C=C1C(CN(C)CC)N1C(=O)C1=Cc2c(OC(F)(F)F)cccc2-c2c(C3CCCCC3)c3ccc(C(=O)OC)cc3n2C1. The Hall–Kier alpha value is -4.05. The van der Waals surface area contributed by atoms with Crippen LogP contribution in [0, 0.1) is 0 Å². The molecule has 1 aliphatic carbocycles. The number of hydrogen-bond acceptors (Lipinski definition) is 5. The third-order valence-electron chi connectivity index (χ3n) is 9.19. The number of benzene rings is 2. The summed E-state index contributed by atoms with van der Waals surface area (Å²) < 4.78 is 52.5. The number of methoxy groups -OCH3 is 1. The largest absolute Gasteiger partial charge is 0.573 e. The molecule has 0 N–H and O–H groups in total. The lowest BCUT2D eigenvalue weighted by atomic mass is 9.81. The van der Waals surface area contributed by atoms with E-state index in [0.29, 0.717) is 28.9 Å². The van der Waals surface area contributed by atoms with Crippen molar-refractivity contribution in [3.8, 4) is 17.0 Å². The zero-order chi connectivity index (χ0) is 31.3. The molecule has 1 atom stereocenters. The van der Waals surface area contributed by atoms with E-state index in [1.165, 1.54) is 13.2 Å². The summed E-state index contributed by atoms with van der Waals surface area (Å²) in [7, 11) is 3.28. The molecule has 2 aliphatic heterocycles. The van der Waals surface area contributed by atoms with Crippen molar-refractivity contribution < 1.29 is 32.2 Å². The molecule has 3 aliphatic rings. The van der Waals surface area contributed by atoms with E-state index in [4.69, 9.17) is 4.74 Å². The van der Waals surface area contributed by atoms with Crippen LogP contribution in [0.4, 0.5) is 13.2 Å². The van der Waals surface area contributed by atoms with Crippen LogP contribution in [0.3, 0.4) is 0 Å². The number of carbonyl (C=O) groups excluding carboxylic acids is 2. The van der Waals surface area contributed by atoms with Gasteiger partial charge in [0, 0.05) is 39.8 Å². The fourth-order valence-corrected chi connectivity index (χ4v) is 6.83. The smallest absolute Gasteiger partial charge is 0.465 e. The second-order valence-corrected chi connectivity index (χ2v) is 11.9. The topological polar surface area (TPSA) is 63.8 Å². The highest BCUT2D eigenvalue weighted by atomic mass is 19.4. The minimum Gasteiger partial charge on any atom is -0.465 e. The summed E-state index contributed by atoms with van der Waals surface area (Å²) in [5, 5.41) is 0.917. The number of nitrogens with zero attached hydrogens (tertiary/aromatic N) is 3. The third kappa shape index (κ3) is 5.40. The Morgan fingerprint density at radius 2 is 1.86 bits per heavy atom. The Morgan fingerprint density at radius 3 is 2.55 bits per heavy atom. The van der Waals surface area contributed by atoms with Crippen LogP contribution in [0.25, 0.3) is 28.2 Å². The molecule has 2 fully saturated rings. The van der Waals surface area contributed by atoms with Crippen LogP contribution in [0.1, 0.15) is 66.4 Å². The molecule has 1 saturated heterocycles. The molecular formula is C34H36F3N3O4. The van der Waals surface area contributed by atoms with Crippen molar-refractivity contribution in [2.75, 3.05) is 27.2 Å². The molecule has 0 bridgehead atoms. The fraction of sp³-hybridized carbons (Fsp3) is 0.412. The van der Waals surface area contributed by atoms with Gasteiger partial charge in [0.15, 0.2) is 0 Å². The Labute approximate surface area is 254 Å². The fourth-order valence-electron chi connectivity index (χ4n) is 6.83. The zero-order valence-electron chi connectivity index (χ0n) is 25.2. The molecule has 232 valence electrons. The lowest BCUT2D eigenvalue weighted by molar-refractivity contribution is -0.274. The number of hydrogen-bond donors (Lipinski definition) is 0. The number of alkyl halides is 3. The molecule has 10 heteroatoms. The minimum absolute atomic E-state index is 0.0995. The highest BCUT2D eigenvalue weighted by Gasteiger charge is 2.46. The van der Waals surface area contributed by atoms with Gasteiger partial charge >= 0.3 is 12.3 Å². The Balaban J connectivity index is 1.58. The van der Waals surface area contributed by atoms with Gasteiger partial charge in [-0.25, -0.2) is 4.79 Å². The van der Waals surface area contributed by atoms with Crippen LogP contribution < -0.4 is 4.74 Å². The van der Waals surface area contributed by atoms with Crippen molar-refractivity contribution in [3.05, 3.63) is 70.9 Å². The van der Waals surface area contributed by atoms with Crippen LogP contribution >= 0.6 is 0 Å². The summed E-state index contributed by atoms with van der Waals surface area (Å²) in [6.45, 7) is 7.62. The molecule has 3 heterocycles. The Morgan fingerprint density at radius 1 is 1.11 bits per heavy atom. The second-order valence-electron chi connectivity index (χ2n) is 11.9. The maximum atomic E-state index is 14.1. The molecule has 1 saturated carbocycles. The van der Waals surface area contributed by atoms with Gasteiger partial charge < -0.3 is 23.8 Å². The third-order valence-corrected chi connectivity index (χ3v) is 9.19. The van der Waals surface area contributed by atoms with Gasteiger partial charge in [0.2, 0.25) is 0 Å². The van der Waals surface area contributed by atoms with Crippen LogP contribution in [0.15, 0.2) is 54.2 Å². The van der Waals surface area contributed by atoms with Crippen molar-refractivity contribution >= 4 is 28.9 Å². The number of rotatable bonds is 7. The zero-order valence-corrected chi connectivity index (χ0v) is 25.2. The van der Waals surface area contributed by atoms with Crippen LogP contribution in [-0.4, -0.2) is 65.9 Å². The van der Waals surface area contributed by atoms with E-state index < -0.39 is 12.3 Å². The molecule has 3 aromatic rings. The van der Waals surface area contributed by atoms with Gasteiger partial charge in [-0.3, -0.25) is 4.79 Å². The van der Waals surface area contributed by atoms with Gasteiger partial charge in [-0.2, -0.15) is 0 Å². The Bertz CT molecular complexity index is 1680. The van der Waals surface area contributed by atoms with E-state index in [-0.39, 0.29) is 35.7 Å². The van der Waals surface area contributed by atoms with E-state index >= 15 is 0 Å². The molecule has 7 nitrogen and oxygen atoms in total. The number of halogens is 3. The van der Waals surface area contributed by atoms with Crippen molar-refractivity contribution in [1.29, 1.82) is 0 Å². The van der Waals surface area contributed by atoms with Gasteiger partial charge in [-0.15, -0.1) is 13.2 Å². The molecule has 44 heavy (non-hydrogen) atoms. The van der Waals surface area contributed by atoms with E-state index in [9.17, 15) is 22.8 Å². The summed E-state index contributed by atoms with van der Waals surface area (Å²) in [6.07, 6.45) is 1.74. The normalized spacial score (nSPS) is 18.5. The number of ether oxygens (including phenoxy) is 2. The van der Waals surface area contributed by atoms with E-state index in [2.05, 4.69) is 16.2 Å². The van der Waals surface area contributed by atoms with Gasteiger partial charge in [-0.1, -0.05) is 51.0 Å². The van der Waals surface area contributed by atoms with Gasteiger partial charge in [0.25, 0.3) is 5.91 Å². The number of esters is 1. The van der Waals surface area contributed by atoms with Gasteiger partial charge in [-0.05, 0) is 62.2 Å². The summed E-state index contributed by atoms with van der Waals surface area (Å²) in [6, 6.07) is 9.83. The second kappa shape index (κ2) is 11.5. The lowest BCUT2D eigenvalue weighted by Gasteiger charge is -2.24. The maximum Gasteiger partial charge on any atom is 0.573 e. The molecule has 0 radical (unpaired) electrons. The van der Waals surface area contributed by atoms with Gasteiger partial charge in [0.05, 0.1) is 31.0 Å². The van der Waals surface area contributed by atoms with Crippen LogP contribution in [0.2, 0.25) is 0 Å².